The lowest BCUT2D eigenvalue weighted by atomic mass is 10.1. The summed E-state index contributed by atoms with van der Waals surface area (Å²) in [5, 5.41) is 2.66. The van der Waals surface area contributed by atoms with E-state index in [1.165, 1.54) is 18.3 Å². The molecule has 7 heteroatoms. The first kappa shape index (κ1) is 19.7. The number of esters is 1. The largest absolute Gasteiger partial charge is 0.482 e. The van der Waals surface area contributed by atoms with Crippen LogP contribution in [0.15, 0.2) is 30.3 Å². The van der Waals surface area contributed by atoms with Gasteiger partial charge in [0.2, 0.25) is 11.7 Å². The van der Waals surface area contributed by atoms with E-state index in [9.17, 15) is 14.4 Å². The highest BCUT2D eigenvalue weighted by molar-refractivity contribution is 7.14. The normalized spacial score (nSPS) is 10.3. The summed E-state index contributed by atoms with van der Waals surface area (Å²) >= 11 is 1.26. The quantitative estimate of drug-likeness (QED) is 0.567. The number of rotatable bonds is 8. The third-order valence-electron chi connectivity index (χ3n) is 3.36. The van der Waals surface area contributed by atoms with Crippen molar-refractivity contribution in [2.24, 2.45) is 0 Å². The van der Waals surface area contributed by atoms with E-state index in [2.05, 4.69) is 5.32 Å². The molecule has 6 nitrogen and oxygen atoms in total. The van der Waals surface area contributed by atoms with Crippen molar-refractivity contribution in [3.05, 3.63) is 51.2 Å². The number of ketones is 1. The van der Waals surface area contributed by atoms with E-state index < -0.39 is 5.97 Å². The van der Waals surface area contributed by atoms with Gasteiger partial charge in [0.25, 0.3) is 0 Å². The van der Waals surface area contributed by atoms with Crippen LogP contribution in [0.5, 0.6) is 5.75 Å². The zero-order chi connectivity index (χ0) is 19.1. The van der Waals surface area contributed by atoms with Crippen molar-refractivity contribution >= 4 is 29.0 Å². The van der Waals surface area contributed by atoms with Crippen LogP contribution in [0.4, 0.5) is 0 Å². The smallest absolute Gasteiger partial charge is 0.344 e. The minimum Gasteiger partial charge on any atom is -0.482 e. The molecule has 0 saturated heterocycles. The average molecular weight is 375 g/mol. The van der Waals surface area contributed by atoms with Gasteiger partial charge in [-0.1, -0.05) is 6.07 Å². The number of nitrogens with one attached hydrogen (secondary N) is 1. The van der Waals surface area contributed by atoms with Gasteiger partial charge in [-0.25, -0.2) is 4.79 Å². The van der Waals surface area contributed by atoms with Gasteiger partial charge in [-0.15, -0.1) is 11.3 Å². The van der Waals surface area contributed by atoms with Crippen molar-refractivity contribution in [2.75, 3.05) is 13.2 Å². The summed E-state index contributed by atoms with van der Waals surface area (Å²) in [6.07, 6.45) is 0. The van der Waals surface area contributed by atoms with Gasteiger partial charge in [0.05, 0.1) is 11.4 Å². The van der Waals surface area contributed by atoms with E-state index in [0.717, 1.165) is 16.0 Å². The highest BCUT2D eigenvalue weighted by atomic mass is 32.1. The number of Topliss-reactive ketones (excluding diaryl/α,β-unsaturated/α-hetero) is 1. The first-order chi connectivity index (χ1) is 12.3. The minimum atomic E-state index is -0.604. The van der Waals surface area contributed by atoms with Gasteiger partial charge in [0.15, 0.2) is 13.2 Å². The molecule has 1 aromatic carbocycles. The monoisotopic (exact) mass is 375 g/mol. The number of amides is 1. The van der Waals surface area contributed by atoms with Gasteiger partial charge in [-0.2, -0.15) is 0 Å². The molecule has 2 aromatic rings. The van der Waals surface area contributed by atoms with E-state index in [4.69, 9.17) is 9.47 Å². The lowest BCUT2D eigenvalue weighted by Gasteiger charge is -2.08. The van der Waals surface area contributed by atoms with Crippen LogP contribution in [-0.2, 0) is 20.9 Å². The molecule has 0 radical (unpaired) electrons. The Balaban J connectivity index is 1.77. The number of aryl methyl sites for hydroxylation is 2. The Kier molecular flexibility index (Phi) is 6.91. The lowest BCUT2D eigenvalue weighted by Crippen LogP contribution is -2.19. The first-order valence-electron chi connectivity index (χ1n) is 8.06. The molecule has 0 aliphatic rings. The number of thiophene rings is 1. The van der Waals surface area contributed by atoms with Crippen molar-refractivity contribution in [3.63, 3.8) is 0 Å². The number of carbonyl (C=O) groups excluding carboxylic acids is 3. The van der Waals surface area contributed by atoms with Crippen LogP contribution in [0.25, 0.3) is 0 Å². The molecule has 0 bridgehead atoms. The van der Waals surface area contributed by atoms with E-state index in [1.54, 1.807) is 12.1 Å². The van der Waals surface area contributed by atoms with Gasteiger partial charge >= 0.3 is 5.97 Å². The zero-order valence-corrected chi connectivity index (χ0v) is 15.8. The van der Waals surface area contributed by atoms with Crippen molar-refractivity contribution in [1.29, 1.82) is 0 Å². The summed E-state index contributed by atoms with van der Waals surface area (Å²) in [6.45, 7) is 5.09. The Morgan fingerprint density at radius 1 is 1.04 bits per heavy atom. The van der Waals surface area contributed by atoms with Gasteiger partial charge in [-0.3, -0.25) is 9.59 Å². The molecule has 0 aliphatic heterocycles. The van der Waals surface area contributed by atoms with Crippen LogP contribution in [0.2, 0.25) is 0 Å². The second kappa shape index (κ2) is 9.15. The van der Waals surface area contributed by atoms with Gasteiger partial charge in [0.1, 0.15) is 5.75 Å². The molecule has 0 spiro atoms. The maximum absolute atomic E-state index is 12.1. The van der Waals surface area contributed by atoms with Crippen LogP contribution in [-0.4, -0.2) is 30.9 Å². The second-order valence-electron chi connectivity index (χ2n) is 5.87. The average Bonchev–Trinajstić information content (AvgIpc) is 3.04. The van der Waals surface area contributed by atoms with E-state index in [-0.39, 0.29) is 24.9 Å². The summed E-state index contributed by atoms with van der Waals surface area (Å²) in [5.74, 6) is -0.438. The molecule has 26 heavy (non-hydrogen) atoms. The Hall–Kier alpha value is -2.67. The highest BCUT2D eigenvalue weighted by Gasteiger charge is 2.13. The molecule has 138 valence electrons. The summed E-state index contributed by atoms with van der Waals surface area (Å²) in [7, 11) is 0. The molecule has 0 atom stereocenters. The Morgan fingerprint density at radius 2 is 1.73 bits per heavy atom. The predicted octanol–water partition coefficient (Wildman–Crippen LogP) is 2.81. The van der Waals surface area contributed by atoms with E-state index in [1.807, 2.05) is 32.0 Å². The third kappa shape index (κ3) is 6.33. The summed E-state index contributed by atoms with van der Waals surface area (Å²) in [4.78, 5) is 36.1. The molecule has 2 rings (SSSR count). The standard InChI is InChI=1S/C19H21NO5S/c1-12-6-13(2)8-15(7-12)24-11-19(23)25-10-17(22)18-5-4-16(26-18)9-20-14(3)21/h4-8H,9-11H2,1-3H3,(H,20,21). The Morgan fingerprint density at radius 3 is 2.38 bits per heavy atom. The maximum Gasteiger partial charge on any atom is 0.344 e. The second-order valence-corrected chi connectivity index (χ2v) is 7.04. The number of benzene rings is 1. The van der Waals surface area contributed by atoms with Gasteiger partial charge in [0, 0.05) is 11.8 Å². The fraction of sp³-hybridized carbons (Fsp3) is 0.316. The number of ether oxygens (including phenoxy) is 2. The van der Waals surface area contributed by atoms with Crippen LogP contribution >= 0.6 is 11.3 Å². The number of hydrogen-bond acceptors (Lipinski definition) is 6. The van der Waals surface area contributed by atoms with Crippen molar-refractivity contribution < 1.29 is 23.9 Å². The summed E-state index contributed by atoms with van der Waals surface area (Å²) in [5.41, 5.74) is 2.08. The van der Waals surface area contributed by atoms with Crippen LogP contribution < -0.4 is 10.1 Å². The SMILES string of the molecule is CC(=O)NCc1ccc(C(=O)COC(=O)COc2cc(C)cc(C)c2)s1. The van der Waals surface area contributed by atoms with Crippen molar-refractivity contribution in [1.82, 2.24) is 5.32 Å². The first-order valence-corrected chi connectivity index (χ1v) is 8.88. The summed E-state index contributed by atoms with van der Waals surface area (Å²) < 4.78 is 10.4. The third-order valence-corrected chi connectivity index (χ3v) is 4.49. The number of hydrogen-bond donors (Lipinski definition) is 1. The van der Waals surface area contributed by atoms with Gasteiger partial charge < -0.3 is 14.8 Å². The molecule has 1 N–H and O–H groups in total. The van der Waals surface area contributed by atoms with Gasteiger partial charge in [-0.05, 0) is 49.2 Å². The topological polar surface area (TPSA) is 81.7 Å². The number of carbonyl (C=O) groups is 3. The van der Waals surface area contributed by atoms with E-state index in [0.29, 0.717) is 17.2 Å². The molecule has 1 amide bonds. The molecule has 1 aromatic heterocycles. The Labute approximate surface area is 156 Å². The molecule has 0 saturated carbocycles. The lowest BCUT2D eigenvalue weighted by molar-refractivity contribution is -0.144. The van der Waals surface area contributed by atoms with Crippen molar-refractivity contribution in [3.8, 4) is 5.75 Å². The van der Waals surface area contributed by atoms with Crippen LogP contribution in [0.3, 0.4) is 0 Å². The zero-order valence-electron chi connectivity index (χ0n) is 15.0. The predicted molar refractivity (Wildman–Crippen MR) is 98.5 cm³/mol. The molecular weight excluding hydrogens is 354 g/mol. The van der Waals surface area contributed by atoms with Crippen LogP contribution in [0, 0.1) is 13.8 Å². The Bertz CT molecular complexity index is 792. The highest BCUT2D eigenvalue weighted by Crippen LogP contribution is 2.18. The molecule has 1 heterocycles. The fourth-order valence-corrected chi connectivity index (χ4v) is 3.12. The molecular formula is C19H21NO5S. The summed E-state index contributed by atoms with van der Waals surface area (Å²) in [6, 6.07) is 9.08. The minimum absolute atomic E-state index is 0.135. The molecule has 0 fully saturated rings. The van der Waals surface area contributed by atoms with Crippen LogP contribution in [0.1, 0.15) is 32.6 Å². The molecule has 0 aliphatic carbocycles. The van der Waals surface area contributed by atoms with Crippen molar-refractivity contribution in [2.45, 2.75) is 27.3 Å². The maximum atomic E-state index is 12.1. The van der Waals surface area contributed by atoms with E-state index >= 15 is 0 Å². The fourth-order valence-electron chi connectivity index (χ4n) is 2.25. The molecule has 0 unspecified atom stereocenters.